The molecule has 3 aromatic carbocycles. The normalized spacial score (nSPS) is 11.0. The number of halogens is 1. The van der Waals surface area contributed by atoms with E-state index < -0.39 is 0 Å². The van der Waals surface area contributed by atoms with Crippen molar-refractivity contribution in [2.24, 2.45) is 0 Å². The van der Waals surface area contributed by atoms with Crippen molar-refractivity contribution in [3.05, 3.63) is 89.4 Å². The molecule has 0 saturated carbocycles. The molecule has 1 N–H and O–H groups in total. The van der Waals surface area contributed by atoms with Crippen LogP contribution in [0.4, 0.5) is 5.69 Å². The highest BCUT2D eigenvalue weighted by molar-refractivity contribution is 6.30. The molecule has 0 radical (unpaired) electrons. The molecule has 0 fully saturated rings. The van der Waals surface area contributed by atoms with Crippen molar-refractivity contribution in [3.63, 3.8) is 0 Å². The smallest absolute Gasteiger partial charge is 0.238 e. The van der Waals surface area contributed by atoms with E-state index in [0.29, 0.717) is 18.1 Å². The third-order valence-corrected chi connectivity index (χ3v) is 4.88. The second kappa shape index (κ2) is 11.5. The van der Waals surface area contributed by atoms with Crippen molar-refractivity contribution in [3.8, 4) is 11.5 Å². The number of rotatable bonds is 10. The first-order valence-electron chi connectivity index (χ1n) is 10.2. The molecule has 3 aromatic rings. The zero-order chi connectivity index (χ0) is 22.1. The van der Waals surface area contributed by atoms with Crippen molar-refractivity contribution in [2.75, 3.05) is 39.0 Å². The molecule has 0 aliphatic carbocycles. The first-order valence-corrected chi connectivity index (χ1v) is 10.6. The first kappa shape index (κ1) is 22.8. The van der Waals surface area contributed by atoms with E-state index in [-0.39, 0.29) is 5.91 Å². The number of likely N-dealkylation sites (N-methyl/N-ethyl adjacent to an activating group) is 1. The number of benzene rings is 3. The summed E-state index contributed by atoms with van der Waals surface area (Å²) in [6.07, 6.45) is 0. The summed E-state index contributed by atoms with van der Waals surface area (Å²) in [5, 5.41) is 3.67. The molecule has 0 unspecified atom stereocenters. The zero-order valence-electron chi connectivity index (χ0n) is 17.9. The lowest BCUT2D eigenvalue weighted by Gasteiger charge is -2.24. The van der Waals surface area contributed by atoms with Gasteiger partial charge in [-0.25, -0.2) is 0 Å². The van der Waals surface area contributed by atoms with Gasteiger partial charge in [-0.1, -0.05) is 41.9 Å². The molecule has 1 amide bonds. The average Bonchev–Trinajstić information content (AvgIpc) is 2.74. The number of amides is 1. The van der Waals surface area contributed by atoms with E-state index in [4.69, 9.17) is 16.3 Å². The van der Waals surface area contributed by atoms with Crippen LogP contribution in [0, 0.1) is 0 Å². The molecule has 0 spiro atoms. The number of para-hydroxylation sites is 1. The van der Waals surface area contributed by atoms with Gasteiger partial charge in [-0.15, -0.1) is 0 Å². The number of hydrogen-bond donors (Lipinski definition) is 1. The summed E-state index contributed by atoms with van der Waals surface area (Å²) in [7, 11) is 4.05. The maximum Gasteiger partial charge on any atom is 0.238 e. The number of carbonyl (C=O) groups excluding carboxylic acids is 1. The highest BCUT2D eigenvalue weighted by atomic mass is 35.5. The van der Waals surface area contributed by atoms with Crippen LogP contribution in [0.5, 0.6) is 11.5 Å². The second-order valence-electron chi connectivity index (χ2n) is 7.63. The van der Waals surface area contributed by atoms with Gasteiger partial charge in [-0.05, 0) is 68.2 Å². The van der Waals surface area contributed by atoms with E-state index in [2.05, 4.69) is 15.1 Å². The number of ether oxygens (including phenoxy) is 1. The van der Waals surface area contributed by atoms with Gasteiger partial charge in [0, 0.05) is 30.3 Å². The van der Waals surface area contributed by atoms with E-state index in [1.54, 1.807) is 0 Å². The summed E-state index contributed by atoms with van der Waals surface area (Å²) >= 11 is 6.12. The molecular weight excluding hydrogens is 410 g/mol. The Bertz CT molecular complexity index is 962. The van der Waals surface area contributed by atoms with Crippen LogP contribution in [-0.2, 0) is 11.3 Å². The Morgan fingerprint density at radius 3 is 2.29 bits per heavy atom. The van der Waals surface area contributed by atoms with Gasteiger partial charge in [-0.3, -0.25) is 9.69 Å². The minimum atomic E-state index is -0.0579. The number of nitrogens with one attached hydrogen (secondary N) is 1. The average molecular weight is 438 g/mol. The van der Waals surface area contributed by atoms with Crippen LogP contribution in [0.15, 0.2) is 78.9 Å². The van der Waals surface area contributed by atoms with Crippen LogP contribution in [0.2, 0.25) is 5.02 Å². The van der Waals surface area contributed by atoms with Gasteiger partial charge in [0.1, 0.15) is 11.5 Å². The molecule has 0 aliphatic rings. The molecule has 0 atom stereocenters. The van der Waals surface area contributed by atoms with E-state index in [9.17, 15) is 4.79 Å². The van der Waals surface area contributed by atoms with Gasteiger partial charge < -0.3 is 15.0 Å². The van der Waals surface area contributed by atoms with E-state index in [1.807, 2.05) is 93.0 Å². The van der Waals surface area contributed by atoms with Crippen LogP contribution >= 0.6 is 11.6 Å². The number of nitrogens with zero attached hydrogens (tertiary/aromatic N) is 2. The maximum absolute atomic E-state index is 12.7. The second-order valence-corrected chi connectivity index (χ2v) is 8.07. The third-order valence-electron chi connectivity index (χ3n) is 4.64. The SMILES string of the molecule is CN(C)CCN(CC(=O)Nc1ccc(Oc2ccccc2)cc1)Cc1cccc(Cl)c1. The molecule has 3 rings (SSSR count). The van der Waals surface area contributed by atoms with Crippen LogP contribution in [0.25, 0.3) is 0 Å². The summed E-state index contributed by atoms with van der Waals surface area (Å²) < 4.78 is 5.80. The molecule has 31 heavy (non-hydrogen) atoms. The van der Waals surface area contributed by atoms with Crippen LogP contribution < -0.4 is 10.1 Å². The summed E-state index contributed by atoms with van der Waals surface area (Å²) in [5.41, 5.74) is 1.82. The fourth-order valence-electron chi connectivity index (χ4n) is 3.08. The Labute approximate surface area is 189 Å². The largest absolute Gasteiger partial charge is 0.457 e. The van der Waals surface area contributed by atoms with Crippen molar-refractivity contribution < 1.29 is 9.53 Å². The Morgan fingerprint density at radius 1 is 0.903 bits per heavy atom. The fourth-order valence-corrected chi connectivity index (χ4v) is 3.30. The van der Waals surface area contributed by atoms with Gasteiger partial charge in [0.25, 0.3) is 0 Å². The van der Waals surface area contributed by atoms with Gasteiger partial charge in [0.05, 0.1) is 6.54 Å². The first-order chi connectivity index (χ1) is 15.0. The lowest BCUT2D eigenvalue weighted by atomic mass is 10.2. The van der Waals surface area contributed by atoms with Gasteiger partial charge in [-0.2, -0.15) is 0 Å². The minimum absolute atomic E-state index is 0.0579. The molecule has 0 heterocycles. The van der Waals surface area contributed by atoms with Gasteiger partial charge in [0.15, 0.2) is 0 Å². The summed E-state index contributed by atoms with van der Waals surface area (Å²) in [5.74, 6) is 1.44. The van der Waals surface area contributed by atoms with E-state index in [1.165, 1.54) is 0 Å². The number of hydrogen-bond acceptors (Lipinski definition) is 4. The van der Waals surface area contributed by atoms with Crippen molar-refractivity contribution >= 4 is 23.2 Å². The summed E-state index contributed by atoms with van der Waals surface area (Å²) in [6, 6.07) is 24.7. The number of anilines is 1. The summed E-state index contributed by atoms with van der Waals surface area (Å²) in [4.78, 5) is 16.9. The van der Waals surface area contributed by atoms with Gasteiger partial charge >= 0.3 is 0 Å². The van der Waals surface area contributed by atoms with Crippen molar-refractivity contribution in [1.29, 1.82) is 0 Å². The minimum Gasteiger partial charge on any atom is -0.457 e. The monoisotopic (exact) mass is 437 g/mol. The highest BCUT2D eigenvalue weighted by Gasteiger charge is 2.13. The van der Waals surface area contributed by atoms with E-state index in [0.717, 1.165) is 35.8 Å². The molecule has 0 saturated heterocycles. The maximum atomic E-state index is 12.7. The highest BCUT2D eigenvalue weighted by Crippen LogP contribution is 2.22. The quantitative estimate of drug-likeness (QED) is 0.477. The van der Waals surface area contributed by atoms with E-state index >= 15 is 0 Å². The standard InChI is InChI=1S/C25H28ClN3O2/c1-28(2)15-16-29(18-20-7-6-8-21(26)17-20)19-25(30)27-22-11-13-24(14-12-22)31-23-9-4-3-5-10-23/h3-14,17H,15-16,18-19H2,1-2H3,(H,27,30). The fraction of sp³-hybridized carbons (Fsp3) is 0.240. The van der Waals surface area contributed by atoms with Crippen molar-refractivity contribution in [1.82, 2.24) is 9.80 Å². The molecular formula is C25H28ClN3O2. The topological polar surface area (TPSA) is 44.8 Å². The van der Waals surface area contributed by atoms with Crippen LogP contribution in [-0.4, -0.2) is 49.4 Å². The molecule has 0 bridgehead atoms. The van der Waals surface area contributed by atoms with Gasteiger partial charge in [0.2, 0.25) is 5.91 Å². The molecule has 5 nitrogen and oxygen atoms in total. The Kier molecular flexibility index (Phi) is 8.47. The third kappa shape index (κ3) is 8.06. The van der Waals surface area contributed by atoms with Crippen molar-refractivity contribution in [2.45, 2.75) is 6.54 Å². The Morgan fingerprint density at radius 2 is 1.61 bits per heavy atom. The molecule has 0 aliphatic heterocycles. The zero-order valence-corrected chi connectivity index (χ0v) is 18.7. The molecule has 162 valence electrons. The Balaban J connectivity index is 1.57. The summed E-state index contributed by atoms with van der Waals surface area (Å²) in [6.45, 7) is 2.59. The lowest BCUT2D eigenvalue weighted by molar-refractivity contribution is -0.117. The Hall–Kier alpha value is -2.86. The lowest BCUT2D eigenvalue weighted by Crippen LogP contribution is -2.37. The van der Waals surface area contributed by atoms with Crippen LogP contribution in [0.3, 0.4) is 0 Å². The number of carbonyl (C=O) groups is 1. The molecule has 0 aromatic heterocycles. The van der Waals surface area contributed by atoms with Crippen LogP contribution in [0.1, 0.15) is 5.56 Å². The predicted molar refractivity (Wildman–Crippen MR) is 127 cm³/mol. The molecule has 6 heteroatoms. The predicted octanol–water partition coefficient (Wildman–Crippen LogP) is 5.13.